The Bertz CT molecular complexity index is 620. The highest BCUT2D eigenvalue weighted by Gasteiger charge is 2.28. The maximum atomic E-state index is 6.22. The molecule has 0 saturated heterocycles. The Morgan fingerprint density at radius 3 is 3.00 bits per heavy atom. The van der Waals surface area contributed by atoms with Crippen LogP contribution in [0.4, 0.5) is 5.95 Å². The Labute approximate surface area is 117 Å². The molecule has 2 N–H and O–H groups in total. The van der Waals surface area contributed by atoms with Gasteiger partial charge in [0.2, 0.25) is 5.95 Å². The molecule has 0 fully saturated rings. The van der Waals surface area contributed by atoms with Crippen molar-refractivity contribution >= 4 is 17.5 Å². The lowest BCUT2D eigenvalue weighted by Gasteiger charge is -2.28. The van der Waals surface area contributed by atoms with Crippen molar-refractivity contribution in [3.8, 4) is 0 Å². The third kappa shape index (κ3) is 2.10. The lowest BCUT2D eigenvalue weighted by Crippen LogP contribution is -2.23. The topological polar surface area (TPSA) is 56.7 Å². The van der Waals surface area contributed by atoms with Crippen LogP contribution in [0, 0.1) is 6.92 Å². The van der Waals surface area contributed by atoms with Gasteiger partial charge in [-0.05, 0) is 30.5 Å². The first-order valence-corrected chi connectivity index (χ1v) is 6.89. The summed E-state index contributed by atoms with van der Waals surface area (Å²) in [4.78, 5) is 4.30. The van der Waals surface area contributed by atoms with Crippen molar-refractivity contribution in [2.45, 2.75) is 38.6 Å². The molecule has 2 aromatic rings. The fraction of sp³-hybridized carbons (Fsp3) is 0.429. The highest BCUT2D eigenvalue weighted by atomic mass is 35.5. The van der Waals surface area contributed by atoms with Crippen molar-refractivity contribution in [1.82, 2.24) is 14.8 Å². The minimum absolute atomic E-state index is 0.363. The van der Waals surface area contributed by atoms with Gasteiger partial charge in [0, 0.05) is 23.4 Å². The second-order valence-corrected chi connectivity index (χ2v) is 5.71. The zero-order chi connectivity index (χ0) is 13.6. The van der Waals surface area contributed by atoms with Crippen LogP contribution in [-0.2, 0) is 6.54 Å². The van der Waals surface area contributed by atoms with Gasteiger partial charge in [0.05, 0.1) is 0 Å². The quantitative estimate of drug-likeness (QED) is 0.871. The van der Waals surface area contributed by atoms with E-state index in [0.717, 1.165) is 29.4 Å². The van der Waals surface area contributed by atoms with Gasteiger partial charge in [-0.25, -0.2) is 4.68 Å². The van der Waals surface area contributed by atoms with Crippen LogP contribution in [-0.4, -0.2) is 14.8 Å². The summed E-state index contributed by atoms with van der Waals surface area (Å²) in [5, 5.41) is 5.11. The van der Waals surface area contributed by atoms with Gasteiger partial charge in [0.15, 0.2) is 0 Å². The van der Waals surface area contributed by atoms with Gasteiger partial charge in [-0.3, -0.25) is 0 Å². The van der Waals surface area contributed by atoms with Gasteiger partial charge >= 0.3 is 0 Å². The molecule has 2 atom stereocenters. The molecule has 100 valence electrons. The summed E-state index contributed by atoms with van der Waals surface area (Å²) in [6.07, 6.45) is 1.05. The Hall–Kier alpha value is -1.55. The maximum Gasteiger partial charge on any atom is 0.239 e. The maximum absolute atomic E-state index is 6.22. The Balaban J connectivity index is 1.99. The van der Waals surface area contributed by atoms with Crippen molar-refractivity contribution < 1.29 is 0 Å². The van der Waals surface area contributed by atoms with Crippen LogP contribution in [0.2, 0.25) is 5.02 Å². The van der Waals surface area contributed by atoms with E-state index in [-0.39, 0.29) is 0 Å². The summed E-state index contributed by atoms with van der Waals surface area (Å²) in [6.45, 7) is 5.07. The number of benzene rings is 1. The number of rotatable bonds is 1. The van der Waals surface area contributed by atoms with Gasteiger partial charge in [0.1, 0.15) is 5.82 Å². The average molecular weight is 277 g/mol. The van der Waals surface area contributed by atoms with Crippen molar-refractivity contribution in [3.05, 3.63) is 40.2 Å². The molecular formula is C14H17ClN4. The fourth-order valence-electron chi connectivity index (χ4n) is 2.98. The van der Waals surface area contributed by atoms with E-state index in [0.29, 0.717) is 17.8 Å². The molecule has 0 radical (unpaired) electrons. The number of fused-ring (bicyclic) bond motifs is 1. The van der Waals surface area contributed by atoms with Gasteiger partial charge in [-0.15, -0.1) is 5.10 Å². The zero-order valence-electron chi connectivity index (χ0n) is 11.1. The Kier molecular flexibility index (Phi) is 2.97. The predicted octanol–water partition coefficient (Wildman–Crippen LogP) is 3.11. The molecule has 2 unspecified atom stereocenters. The Morgan fingerprint density at radius 2 is 2.21 bits per heavy atom. The normalized spacial score (nSPS) is 22.3. The smallest absolute Gasteiger partial charge is 0.239 e. The van der Waals surface area contributed by atoms with Gasteiger partial charge in [0.25, 0.3) is 0 Å². The molecule has 3 rings (SSSR count). The molecule has 1 aliphatic heterocycles. The van der Waals surface area contributed by atoms with Crippen LogP contribution in [0.15, 0.2) is 18.2 Å². The van der Waals surface area contributed by atoms with Crippen LogP contribution in [0.1, 0.15) is 42.1 Å². The number of hydrogen-bond donors (Lipinski definition) is 1. The standard InChI is InChI=1S/C14H17ClN4/c1-8-6-10(7-19-13(8)17-14(16)18-19)11-4-3-5-12(15)9(11)2/h3-5,8,10H,6-7H2,1-2H3,(H2,16,18). The summed E-state index contributed by atoms with van der Waals surface area (Å²) in [6, 6.07) is 6.11. The van der Waals surface area contributed by atoms with Gasteiger partial charge in [-0.1, -0.05) is 30.7 Å². The number of halogens is 1. The predicted molar refractivity (Wildman–Crippen MR) is 76.4 cm³/mol. The molecule has 2 heterocycles. The molecule has 0 bridgehead atoms. The first kappa shape index (κ1) is 12.5. The summed E-state index contributed by atoms with van der Waals surface area (Å²) in [7, 11) is 0. The van der Waals surface area contributed by atoms with Crippen LogP contribution in [0.5, 0.6) is 0 Å². The molecule has 0 aliphatic carbocycles. The number of nitrogens with zero attached hydrogens (tertiary/aromatic N) is 3. The van der Waals surface area contributed by atoms with Crippen LogP contribution in [0.25, 0.3) is 0 Å². The molecule has 1 aromatic heterocycles. The Morgan fingerprint density at radius 1 is 1.42 bits per heavy atom. The van der Waals surface area contributed by atoms with E-state index in [1.54, 1.807) is 0 Å². The molecule has 0 saturated carbocycles. The van der Waals surface area contributed by atoms with Crippen LogP contribution >= 0.6 is 11.6 Å². The number of hydrogen-bond acceptors (Lipinski definition) is 3. The van der Waals surface area contributed by atoms with Crippen molar-refractivity contribution in [2.75, 3.05) is 5.73 Å². The monoisotopic (exact) mass is 276 g/mol. The van der Waals surface area contributed by atoms with Crippen molar-refractivity contribution in [2.24, 2.45) is 0 Å². The fourth-order valence-corrected chi connectivity index (χ4v) is 3.16. The van der Waals surface area contributed by atoms with E-state index in [4.69, 9.17) is 17.3 Å². The van der Waals surface area contributed by atoms with E-state index >= 15 is 0 Å². The van der Waals surface area contributed by atoms with Gasteiger partial charge in [-0.2, -0.15) is 4.98 Å². The summed E-state index contributed by atoms with van der Waals surface area (Å²) in [5.74, 6) is 2.14. The number of nitrogen functional groups attached to an aromatic ring is 1. The number of aromatic nitrogens is 3. The molecule has 1 aliphatic rings. The van der Waals surface area contributed by atoms with E-state index in [9.17, 15) is 0 Å². The second kappa shape index (κ2) is 4.53. The molecule has 0 amide bonds. The highest BCUT2D eigenvalue weighted by Crippen LogP contribution is 2.37. The molecule has 4 nitrogen and oxygen atoms in total. The molecular weight excluding hydrogens is 260 g/mol. The largest absolute Gasteiger partial charge is 0.366 e. The third-order valence-corrected chi connectivity index (χ3v) is 4.35. The van der Waals surface area contributed by atoms with E-state index < -0.39 is 0 Å². The van der Waals surface area contributed by atoms with Crippen LogP contribution < -0.4 is 5.73 Å². The minimum atomic E-state index is 0.363. The second-order valence-electron chi connectivity index (χ2n) is 5.30. The molecule has 0 spiro atoms. The zero-order valence-corrected chi connectivity index (χ0v) is 11.9. The van der Waals surface area contributed by atoms with Crippen molar-refractivity contribution in [3.63, 3.8) is 0 Å². The van der Waals surface area contributed by atoms with E-state index in [2.05, 4.69) is 30.0 Å². The lowest BCUT2D eigenvalue weighted by atomic mass is 9.84. The molecule has 1 aromatic carbocycles. The molecule has 5 heteroatoms. The average Bonchev–Trinajstić information content (AvgIpc) is 2.74. The van der Waals surface area contributed by atoms with Crippen molar-refractivity contribution in [1.29, 1.82) is 0 Å². The van der Waals surface area contributed by atoms with Gasteiger partial charge < -0.3 is 5.73 Å². The minimum Gasteiger partial charge on any atom is -0.366 e. The number of nitrogens with two attached hydrogens (primary N) is 1. The number of anilines is 1. The molecule has 19 heavy (non-hydrogen) atoms. The first-order chi connectivity index (χ1) is 9.06. The summed E-state index contributed by atoms with van der Waals surface area (Å²) >= 11 is 6.22. The van der Waals surface area contributed by atoms with E-state index in [1.165, 1.54) is 5.56 Å². The first-order valence-electron chi connectivity index (χ1n) is 6.51. The summed E-state index contributed by atoms with van der Waals surface area (Å²) < 4.78 is 1.94. The SMILES string of the molecule is Cc1c(Cl)cccc1C1CC(C)c2nc(N)nn2C1. The lowest BCUT2D eigenvalue weighted by molar-refractivity contribution is 0.382. The van der Waals surface area contributed by atoms with Crippen LogP contribution in [0.3, 0.4) is 0 Å². The van der Waals surface area contributed by atoms with E-state index in [1.807, 2.05) is 16.8 Å². The third-order valence-electron chi connectivity index (χ3n) is 3.94. The summed E-state index contributed by atoms with van der Waals surface area (Å²) in [5.41, 5.74) is 8.16. The highest BCUT2D eigenvalue weighted by molar-refractivity contribution is 6.31.